The molecule has 2 rings (SSSR count). The molecule has 1 N–H and O–H groups in total. The van der Waals surface area contributed by atoms with E-state index in [-0.39, 0.29) is 5.25 Å². The molecule has 0 amide bonds. The summed E-state index contributed by atoms with van der Waals surface area (Å²) >= 11 is 7.57. The van der Waals surface area contributed by atoms with Crippen LogP contribution in [0.15, 0.2) is 41.3 Å². The summed E-state index contributed by atoms with van der Waals surface area (Å²) in [5.41, 5.74) is 4.65. The molecule has 0 saturated carbocycles. The van der Waals surface area contributed by atoms with Crippen LogP contribution in [0.4, 0.5) is 0 Å². The van der Waals surface area contributed by atoms with E-state index in [1.807, 2.05) is 24.3 Å². The highest BCUT2D eigenvalue weighted by molar-refractivity contribution is 8.00. The Labute approximate surface area is 136 Å². The minimum absolute atomic E-state index is 0.0759. The van der Waals surface area contributed by atoms with Crippen LogP contribution < -0.4 is 0 Å². The Balaban J connectivity index is 2.17. The number of benzene rings is 2. The lowest BCUT2D eigenvalue weighted by atomic mass is 9.96. The zero-order valence-electron chi connectivity index (χ0n) is 12.9. The summed E-state index contributed by atoms with van der Waals surface area (Å²) in [6.07, 6.45) is -0.482. The third kappa shape index (κ3) is 4.03. The molecule has 2 atom stereocenters. The molecule has 0 fully saturated rings. The quantitative estimate of drug-likeness (QED) is 0.753. The molecular weight excluding hydrogens is 300 g/mol. The van der Waals surface area contributed by atoms with Gasteiger partial charge < -0.3 is 5.11 Å². The SMILES string of the molecule is Cc1cc(C)c([C@@H](O)[C@H](C)Sc2ccc(Cl)cc2)cc1C. The lowest BCUT2D eigenvalue weighted by molar-refractivity contribution is 0.178. The van der Waals surface area contributed by atoms with Crippen molar-refractivity contribution in [3.8, 4) is 0 Å². The third-order valence-corrected chi connectivity index (χ3v) is 5.21. The van der Waals surface area contributed by atoms with Crippen molar-refractivity contribution >= 4 is 23.4 Å². The Morgan fingerprint density at radius 2 is 1.52 bits per heavy atom. The number of aryl methyl sites for hydroxylation is 3. The molecule has 0 spiro atoms. The van der Waals surface area contributed by atoms with Crippen LogP contribution in [0.2, 0.25) is 5.02 Å². The average Bonchev–Trinajstić information content (AvgIpc) is 2.44. The van der Waals surface area contributed by atoms with Gasteiger partial charge in [0.2, 0.25) is 0 Å². The first-order valence-electron chi connectivity index (χ1n) is 7.06. The zero-order valence-corrected chi connectivity index (χ0v) is 14.4. The van der Waals surface area contributed by atoms with Crippen LogP contribution in [0.3, 0.4) is 0 Å². The van der Waals surface area contributed by atoms with Crippen molar-refractivity contribution in [2.24, 2.45) is 0 Å². The normalized spacial score (nSPS) is 14.0. The highest BCUT2D eigenvalue weighted by Gasteiger charge is 2.20. The number of rotatable bonds is 4. The molecule has 3 heteroatoms. The first-order valence-corrected chi connectivity index (χ1v) is 8.32. The second-order valence-electron chi connectivity index (χ2n) is 5.51. The molecule has 0 radical (unpaired) electrons. The molecule has 0 unspecified atom stereocenters. The Morgan fingerprint density at radius 1 is 0.952 bits per heavy atom. The van der Waals surface area contributed by atoms with Gasteiger partial charge in [0.15, 0.2) is 0 Å². The van der Waals surface area contributed by atoms with E-state index in [1.165, 1.54) is 11.1 Å². The lowest BCUT2D eigenvalue weighted by Crippen LogP contribution is -2.13. The van der Waals surface area contributed by atoms with Gasteiger partial charge in [0.1, 0.15) is 0 Å². The Hall–Kier alpha value is -0.960. The van der Waals surface area contributed by atoms with Gasteiger partial charge in [-0.15, -0.1) is 11.8 Å². The van der Waals surface area contributed by atoms with E-state index in [0.29, 0.717) is 0 Å². The summed E-state index contributed by atoms with van der Waals surface area (Å²) in [7, 11) is 0. The predicted molar refractivity (Wildman–Crippen MR) is 92.4 cm³/mol. The topological polar surface area (TPSA) is 20.2 Å². The van der Waals surface area contributed by atoms with Gasteiger partial charge in [-0.25, -0.2) is 0 Å². The molecular formula is C18H21ClOS. The smallest absolute Gasteiger partial charge is 0.0912 e. The molecule has 1 nitrogen and oxygen atoms in total. The molecule has 0 aliphatic heterocycles. The van der Waals surface area contributed by atoms with Crippen LogP contribution in [0.1, 0.15) is 35.3 Å². The van der Waals surface area contributed by atoms with Crippen molar-refractivity contribution in [1.29, 1.82) is 0 Å². The van der Waals surface area contributed by atoms with Crippen LogP contribution in [-0.4, -0.2) is 10.4 Å². The molecule has 0 bridgehead atoms. The Morgan fingerprint density at radius 3 is 2.14 bits per heavy atom. The molecule has 0 heterocycles. The van der Waals surface area contributed by atoms with E-state index in [2.05, 4.69) is 39.8 Å². The number of aliphatic hydroxyl groups excluding tert-OH is 1. The standard InChI is InChI=1S/C18H21ClOS/c1-11-9-13(3)17(10-12(11)2)18(20)14(4)21-16-7-5-15(19)6-8-16/h5-10,14,18,20H,1-4H3/t14-,18-/m0/s1. The van der Waals surface area contributed by atoms with Gasteiger partial charge in [-0.1, -0.05) is 30.7 Å². The number of thioether (sulfide) groups is 1. The Bertz CT molecular complexity index is 622. The second-order valence-corrected chi connectivity index (χ2v) is 7.40. The van der Waals surface area contributed by atoms with E-state index in [4.69, 9.17) is 11.6 Å². The van der Waals surface area contributed by atoms with Crippen molar-refractivity contribution in [2.45, 2.75) is 43.9 Å². The molecule has 2 aromatic carbocycles. The first kappa shape index (κ1) is 16.4. The van der Waals surface area contributed by atoms with E-state index in [0.717, 1.165) is 21.0 Å². The van der Waals surface area contributed by atoms with Gasteiger partial charge in [0.25, 0.3) is 0 Å². The summed E-state index contributed by atoms with van der Waals surface area (Å²) in [5, 5.41) is 11.5. The van der Waals surface area contributed by atoms with Crippen LogP contribution >= 0.6 is 23.4 Å². The maximum Gasteiger partial charge on any atom is 0.0912 e. The van der Waals surface area contributed by atoms with Gasteiger partial charge in [0, 0.05) is 15.2 Å². The summed E-state index contributed by atoms with van der Waals surface area (Å²) in [6.45, 7) is 8.30. The van der Waals surface area contributed by atoms with Crippen molar-refractivity contribution in [3.63, 3.8) is 0 Å². The largest absolute Gasteiger partial charge is 0.387 e. The highest BCUT2D eigenvalue weighted by atomic mass is 35.5. The van der Waals surface area contributed by atoms with Gasteiger partial charge in [0.05, 0.1) is 6.10 Å². The van der Waals surface area contributed by atoms with E-state index in [1.54, 1.807) is 11.8 Å². The third-order valence-electron chi connectivity index (χ3n) is 3.78. The van der Waals surface area contributed by atoms with Crippen molar-refractivity contribution in [2.75, 3.05) is 0 Å². The molecule has 0 aliphatic rings. The van der Waals surface area contributed by atoms with E-state index >= 15 is 0 Å². The van der Waals surface area contributed by atoms with Crippen LogP contribution in [-0.2, 0) is 0 Å². The van der Waals surface area contributed by atoms with Crippen molar-refractivity contribution < 1.29 is 5.11 Å². The second kappa shape index (κ2) is 6.87. The molecule has 112 valence electrons. The van der Waals surface area contributed by atoms with Gasteiger partial charge in [-0.05, 0) is 67.3 Å². The van der Waals surface area contributed by atoms with Gasteiger partial charge >= 0.3 is 0 Å². The fourth-order valence-corrected chi connectivity index (χ4v) is 3.47. The summed E-state index contributed by atoms with van der Waals surface area (Å²) in [5.74, 6) is 0. The zero-order chi connectivity index (χ0) is 15.6. The monoisotopic (exact) mass is 320 g/mol. The number of halogens is 1. The van der Waals surface area contributed by atoms with Crippen LogP contribution in [0.5, 0.6) is 0 Å². The average molecular weight is 321 g/mol. The summed E-state index contributed by atoms with van der Waals surface area (Å²) < 4.78 is 0. The van der Waals surface area contributed by atoms with E-state index in [9.17, 15) is 5.11 Å². The highest BCUT2D eigenvalue weighted by Crippen LogP contribution is 2.34. The first-order chi connectivity index (χ1) is 9.88. The minimum Gasteiger partial charge on any atom is -0.387 e. The van der Waals surface area contributed by atoms with Crippen molar-refractivity contribution in [3.05, 3.63) is 63.7 Å². The number of hydrogen-bond donors (Lipinski definition) is 1. The van der Waals surface area contributed by atoms with Gasteiger partial charge in [-0.3, -0.25) is 0 Å². The predicted octanol–water partition coefficient (Wildman–Crippen LogP) is 5.48. The molecule has 0 saturated heterocycles. The molecule has 21 heavy (non-hydrogen) atoms. The molecule has 2 aromatic rings. The lowest BCUT2D eigenvalue weighted by Gasteiger charge is -2.22. The Kier molecular flexibility index (Phi) is 5.37. The maximum atomic E-state index is 10.7. The fraction of sp³-hybridized carbons (Fsp3) is 0.333. The molecule has 0 aromatic heterocycles. The maximum absolute atomic E-state index is 10.7. The van der Waals surface area contributed by atoms with Gasteiger partial charge in [-0.2, -0.15) is 0 Å². The number of hydrogen-bond acceptors (Lipinski definition) is 2. The van der Waals surface area contributed by atoms with Crippen molar-refractivity contribution in [1.82, 2.24) is 0 Å². The van der Waals surface area contributed by atoms with E-state index < -0.39 is 6.10 Å². The molecule has 0 aliphatic carbocycles. The fourth-order valence-electron chi connectivity index (χ4n) is 2.35. The van der Waals surface area contributed by atoms with Crippen LogP contribution in [0, 0.1) is 20.8 Å². The summed E-state index contributed by atoms with van der Waals surface area (Å²) in [6, 6.07) is 12.0. The number of aliphatic hydroxyl groups is 1. The minimum atomic E-state index is -0.482. The van der Waals surface area contributed by atoms with Crippen LogP contribution in [0.25, 0.3) is 0 Å². The summed E-state index contributed by atoms with van der Waals surface area (Å²) in [4.78, 5) is 1.12.